The Labute approximate surface area is 111 Å². The van der Waals surface area contributed by atoms with Gasteiger partial charge in [0.1, 0.15) is 5.69 Å². The van der Waals surface area contributed by atoms with Crippen LogP contribution in [-0.2, 0) is 0 Å². The van der Waals surface area contributed by atoms with E-state index in [0.717, 1.165) is 19.5 Å². The molecule has 0 spiro atoms. The zero-order valence-electron chi connectivity index (χ0n) is 10.8. The summed E-state index contributed by atoms with van der Waals surface area (Å²) in [6.45, 7) is 2.43. The van der Waals surface area contributed by atoms with Crippen LogP contribution in [0.2, 0.25) is 0 Å². The summed E-state index contributed by atoms with van der Waals surface area (Å²) in [7, 11) is 1.43. The van der Waals surface area contributed by atoms with Crippen molar-refractivity contribution in [3.8, 4) is 5.75 Å². The fourth-order valence-electron chi connectivity index (χ4n) is 2.06. The van der Waals surface area contributed by atoms with Crippen molar-refractivity contribution in [2.24, 2.45) is 0 Å². The highest BCUT2D eigenvalue weighted by atomic mass is 16.6. The number of rotatable bonds is 5. The van der Waals surface area contributed by atoms with Gasteiger partial charge in [0, 0.05) is 13.1 Å². The molecule has 102 valence electrons. The second-order valence-corrected chi connectivity index (χ2v) is 4.28. The second-order valence-electron chi connectivity index (χ2n) is 4.28. The quantitative estimate of drug-likeness (QED) is 0.482. The third-order valence-electron chi connectivity index (χ3n) is 3.07. The van der Waals surface area contributed by atoms with Crippen LogP contribution in [0.15, 0.2) is 29.8 Å². The first-order valence-electron chi connectivity index (χ1n) is 6.16. The number of nitro groups is 1. The molecule has 6 nitrogen and oxygen atoms in total. The molecule has 0 radical (unpaired) electrons. The molecule has 19 heavy (non-hydrogen) atoms. The first-order valence-corrected chi connectivity index (χ1v) is 6.16. The van der Waals surface area contributed by atoms with E-state index in [1.54, 1.807) is 18.2 Å². The van der Waals surface area contributed by atoms with E-state index in [-0.39, 0.29) is 11.4 Å². The third kappa shape index (κ3) is 3.23. The Morgan fingerprint density at radius 1 is 1.53 bits per heavy atom. The topological polar surface area (TPSA) is 76.4 Å². The van der Waals surface area contributed by atoms with Gasteiger partial charge in [-0.1, -0.05) is 17.7 Å². The molecule has 1 aliphatic heterocycles. The van der Waals surface area contributed by atoms with Gasteiger partial charge >= 0.3 is 5.69 Å². The molecule has 1 aromatic carbocycles. The molecule has 1 aliphatic rings. The predicted octanol–water partition coefficient (Wildman–Crippen LogP) is 1.93. The molecule has 0 amide bonds. The minimum absolute atomic E-state index is 0.0143. The number of hydrogen-bond acceptors (Lipinski definition) is 5. The third-order valence-corrected chi connectivity index (χ3v) is 3.07. The van der Waals surface area contributed by atoms with E-state index in [1.807, 2.05) is 0 Å². The monoisotopic (exact) mass is 263 g/mol. The van der Waals surface area contributed by atoms with Gasteiger partial charge in [-0.05, 0) is 25.1 Å². The molecule has 0 aliphatic carbocycles. The van der Waals surface area contributed by atoms with Gasteiger partial charge in [-0.3, -0.25) is 10.1 Å². The first kappa shape index (κ1) is 13.4. The molecular weight excluding hydrogens is 246 g/mol. The zero-order chi connectivity index (χ0) is 13.7. The normalized spacial score (nSPS) is 14.7. The Balaban J connectivity index is 2.15. The van der Waals surface area contributed by atoms with Crippen molar-refractivity contribution in [1.29, 1.82) is 0 Å². The molecule has 0 saturated carbocycles. The Hall–Kier alpha value is -2.08. The molecule has 6 heteroatoms. The van der Waals surface area contributed by atoms with Gasteiger partial charge in [0.25, 0.3) is 0 Å². The van der Waals surface area contributed by atoms with Crippen LogP contribution < -0.4 is 15.4 Å². The van der Waals surface area contributed by atoms with Crippen LogP contribution in [0.5, 0.6) is 5.75 Å². The number of nitrogens with one attached hydrogen (secondary N) is 2. The number of methoxy groups -OCH3 is 1. The van der Waals surface area contributed by atoms with E-state index in [0.29, 0.717) is 12.2 Å². The van der Waals surface area contributed by atoms with Gasteiger partial charge in [-0.25, -0.2) is 0 Å². The predicted molar refractivity (Wildman–Crippen MR) is 73.7 cm³/mol. The average Bonchev–Trinajstić information content (AvgIpc) is 2.45. The molecule has 0 fully saturated rings. The van der Waals surface area contributed by atoms with Gasteiger partial charge in [-0.2, -0.15) is 0 Å². The molecule has 2 rings (SSSR count). The lowest BCUT2D eigenvalue weighted by atomic mass is 10.1. The molecule has 0 saturated heterocycles. The summed E-state index contributed by atoms with van der Waals surface area (Å²) in [5.74, 6) is 0.272. The van der Waals surface area contributed by atoms with E-state index >= 15 is 0 Å². The highest BCUT2D eigenvalue weighted by molar-refractivity contribution is 5.68. The van der Waals surface area contributed by atoms with E-state index in [2.05, 4.69) is 16.7 Å². The number of nitro benzene ring substituents is 1. The van der Waals surface area contributed by atoms with E-state index < -0.39 is 4.92 Å². The molecule has 1 heterocycles. The maximum atomic E-state index is 11.1. The summed E-state index contributed by atoms with van der Waals surface area (Å²) in [6.07, 6.45) is 3.08. The van der Waals surface area contributed by atoms with E-state index in [9.17, 15) is 10.1 Å². The van der Waals surface area contributed by atoms with Crippen molar-refractivity contribution in [3.63, 3.8) is 0 Å². The fourth-order valence-corrected chi connectivity index (χ4v) is 2.06. The van der Waals surface area contributed by atoms with Gasteiger partial charge < -0.3 is 15.4 Å². The summed E-state index contributed by atoms with van der Waals surface area (Å²) in [5.41, 5.74) is 1.74. The number of anilines is 1. The van der Waals surface area contributed by atoms with Gasteiger partial charge in [-0.15, -0.1) is 0 Å². The van der Waals surface area contributed by atoms with Gasteiger partial charge in [0.15, 0.2) is 5.75 Å². The van der Waals surface area contributed by atoms with Crippen LogP contribution >= 0.6 is 0 Å². The summed E-state index contributed by atoms with van der Waals surface area (Å²) in [5, 5.41) is 17.5. The lowest BCUT2D eigenvalue weighted by Gasteiger charge is -2.15. The maximum Gasteiger partial charge on any atom is 0.333 e. The Bertz CT molecular complexity index is 500. The summed E-state index contributed by atoms with van der Waals surface area (Å²) in [6, 6.07) is 5.03. The number of hydrogen-bond donors (Lipinski definition) is 2. The van der Waals surface area contributed by atoms with Crippen LogP contribution in [-0.4, -0.2) is 31.7 Å². The molecule has 0 bridgehead atoms. The second kappa shape index (κ2) is 6.19. The lowest BCUT2D eigenvalue weighted by molar-refractivity contribution is -0.384. The average molecular weight is 263 g/mol. The number of ether oxygens (including phenoxy) is 1. The van der Waals surface area contributed by atoms with Crippen LogP contribution in [0, 0.1) is 10.1 Å². The maximum absolute atomic E-state index is 11.1. The van der Waals surface area contributed by atoms with Crippen LogP contribution in [0.4, 0.5) is 11.4 Å². The minimum Gasteiger partial charge on any atom is -0.490 e. The van der Waals surface area contributed by atoms with Gasteiger partial charge in [0.05, 0.1) is 12.0 Å². The van der Waals surface area contributed by atoms with Crippen molar-refractivity contribution >= 4 is 11.4 Å². The number of para-hydroxylation sites is 1. The molecule has 0 atom stereocenters. The standard InChI is InChI=1S/C13H17N3O3/c1-19-12-4-2-3-11(13(12)16(17)18)15-9-10-5-7-14-8-6-10/h2-5,14-15H,6-9H2,1H3. The van der Waals surface area contributed by atoms with Crippen LogP contribution in [0.3, 0.4) is 0 Å². The number of nitrogens with zero attached hydrogens (tertiary/aromatic N) is 1. The minimum atomic E-state index is -0.419. The highest BCUT2D eigenvalue weighted by Crippen LogP contribution is 2.34. The first-order chi connectivity index (χ1) is 9.22. The van der Waals surface area contributed by atoms with Gasteiger partial charge in [0.2, 0.25) is 0 Å². The SMILES string of the molecule is COc1cccc(NCC2=CCNCC2)c1[N+](=O)[O-]. The Morgan fingerprint density at radius 2 is 2.37 bits per heavy atom. The lowest BCUT2D eigenvalue weighted by Crippen LogP contribution is -2.23. The van der Waals surface area contributed by atoms with Crippen molar-refractivity contribution in [1.82, 2.24) is 5.32 Å². The van der Waals surface area contributed by atoms with Crippen LogP contribution in [0.1, 0.15) is 6.42 Å². The Morgan fingerprint density at radius 3 is 3.00 bits per heavy atom. The van der Waals surface area contributed by atoms with E-state index in [1.165, 1.54) is 12.7 Å². The molecule has 0 aromatic heterocycles. The summed E-state index contributed by atoms with van der Waals surface area (Å²) >= 11 is 0. The van der Waals surface area contributed by atoms with Crippen molar-refractivity contribution in [3.05, 3.63) is 40.0 Å². The van der Waals surface area contributed by atoms with Crippen molar-refractivity contribution in [2.45, 2.75) is 6.42 Å². The molecule has 2 N–H and O–H groups in total. The number of benzene rings is 1. The zero-order valence-corrected chi connectivity index (χ0v) is 10.8. The summed E-state index contributed by atoms with van der Waals surface area (Å²) < 4.78 is 5.03. The Kier molecular flexibility index (Phi) is 4.35. The highest BCUT2D eigenvalue weighted by Gasteiger charge is 2.20. The fraction of sp³-hybridized carbons (Fsp3) is 0.385. The molecular formula is C13H17N3O3. The van der Waals surface area contributed by atoms with E-state index in [4.69, 9.17) is 4.74 Å². The largest absolute Gasteiger partial charge is 0.490 e. The molecule has 1 aromatic rings. The van der Waals surface area contributed by atoms with Crippen LogP contribution in [0.25, 0.3) is 0 Å². The summed E-state index contributed by atoms with van der Waals surface area (Å²) in [4.78, 5) is 10.7. The molecule has 0 unspecified atom stereocenters. The van der Waals surface area contributed by atoms with Crippen molar-refractivity contribution in [2.75, 3.05) is 32.1 Å². The van der Waals surface area contributed by atoms with Crippen molar-refractivity contribution < 1.29 is 9.66 Å². The smallest absolute Gasteiger partial charge is 0.333 e.